The first-order valence-electron chi connectivity index (χ1n) is 9.33. The van der Waals surface area contributed by atoms with Gasteiger partial charge in [-0.15, -0.1) is 0 Å². The van der Waals surface area contributed by atoms with Crippen molar-refractivity contribution in [3.8, 4) is 11.3 Å². The minimum atomic E-state index is -0.489. The predicted molar refractivity (Wildman–Crippen MR) is 111 cm³/mol. The maximum absolute atomic E-state index is 12.6. The van der Waals surface area contributed by atoms with Crippen molar-refractivity contribution in [2.24, 2.45) is 0 Å². The molecule has 1 aliphatic heterocycles. The van der Waals surface area contributed by atoms with Crippen LogP contribution in [0.25, 0.3) is 16.8 Å². The highest BCUT2D eigenvalue weighted by Crippen LogP contribution is 2.36. The van der Waals surface area contributed by atoms with Crippen LogP contribution in [-0.2, 0) is 11.3 Å². The van der Waals surface area contributed by atoms with E-state index in [0.717, 1.165) is 28.1 Å². The molecule has 29 heavy (non-hydrogen) atoms. The normalized spacial score (nSPS) is 15.7. The number of allylic oxidation sites excluding steroid dienone is 1. The van der Waals surface area contributed by atoms with Gasteiger partial charge in [0.1, 0.15) is 0 Å². The number of amides is 1. The highest BCUT2D eigenvalue weighted by molar-refractivity contribution is 6.32. The van der Waals surface area contributed by atoms with E-state index in [1.807, 2.05) is 26.0 Å². The summed E-state index contributed by atoms with van der Waals surface area (Å²) in [5.41, 5.74) is 6.25. The molecule has 1 atom stereocenters. The Labute approximate surface area is 168 Å². The molecule has 0 bridgehead atoms. The number of rotatable bonds is 5. The fourth-order valence-corrected chi connectivity index (χ4v) is 3.40. The fourth-order valence-electron chi connectivity index (χ4n) is 3.40. The van der Waals surface area contributed by atoms with E-state index in [1.165, 1.54) is 0 Å². The molecule has 3 N–H and O–H groups in total. The summed E-state index contributed by atoms with van der Waals surface area (Å²) in [4.78, 5) is 21.3. The van der Waals surface area contributed by atoms with Crippen molar-refractivity contribution in [1.29, 1.82) is 0 Å². The molecule has 148 valence electrons. The summed E-state index contributed by atoms with van der Waals surface area (Å²) in [6.45, 7) is 5.97. The Balaban J connectivity index is 1.68. The number of carbonyl (C=O) groups is 1. The van der Waals surface area contributed by atoms with Crippen molar-refractivity contribution in [3.63, 3.8) is 0 Å². The largest absolute Gasteiger partial charge is 0.391 e. The molecule has 1 amide bonds. The zero-order valence-electron chi connectivity index (χ0n) is 16.5. The van der Waals surface area contributed by atoms with Crippen molar-refractivity contribution >= 4 is 22.9 Å². The molecule has 0 aliphatic carbocycles. The van der Waals surface area contributed by atoms with Gasteiger partial charge < -0.3 is 15.7 Å². The molecule has 0 unspecified atom stereocenters. The number of hydrogen-bond donors (Lipinski definition) is 3. The number of pyridine rings is 2. The van der Waals surface area contributed by atoms with Crippen LogP contribution in [0.1, 0.15) is 25.0 Å². The zero-order chi connectivity index (χ0) is 20.5. The number of anilines is 2. The molecule has 3 aromatic heterocycles. The Hall–Kier alpha value is -3.52. The van der Waals surface area contributed by atoms with E-state index in [0.29, 0.717) is 23.5 Å². The number of aryl methyl sites for hydroxylation is 1. The van der Waals surface area contributed by atoms with Gasteiger partial charge >= 0.3 is 0 Å². The van der Waals surface area contributed by atoms with E-state index in [4.69, 9.17) is 0 Å². The number of nitrogens with one attached hydrogen (secondary N) is 2. The molecule has 0 radical (unpaired) electrons. The van der Waals surface area contributed by atoms with E-state index in [1.54, 1.807) is 42.6 Å². The average molecular weight is 390 g/mol. The SMILES string of the molecule is C/C(Nc1cnn(C[C@H](C)O)c1)=C1/C(=O)Nc2cnc(-c3cnccc3C)cc21. The van der Waals surface area contributed by atoms with Crippen LogP contribution in [0.3, 0.4) is 0 Å². The van der Waals surface area contributed by atoms with Gasteiger partial charge in [0, 0.05) is 35.4 Å². The monoisotopic (exact) mass is 390 g/mol. The van der Waals surface area contributed by atoms with Gasteiger partial charge in [0.15, 0.2) is 0 Å². The topological polar surface area (TPSA) is 105 Å². The van der Waals surface area contributed by atoms with E-state index < -0.39 is 6.10 Å². The first-order chi connectivity index (χ1) is 13.9. The van der Waals surface area contributed by atoms with Gasteiger partial charge in [-0.2, -0.15) is 5.10 Å². The average Bonchev–Trinajstić information content (AvgIpc) is 3.23. The highest BCUT2D eigenvalue weighted by Gasteiger charge is 2.27. The third-order valence-corrected chi connectivity index (χ3v) is 4.75. The van der Waals surface area contributed by atoms with Crippen molar-refractivity contribution in [1.82, 2.24) is 19.7 Å². The fraction of sp³-hybridized carbons (Fsp3) is 0.238. The first kappa shape index (κ1) is 18.8. The number of aromatic nitrogens is 4. The maximum Gasteiger partial charge on any atom is 0.258 e. The van der Waals surface area contributed by atoms with Gasteiger partial charge in [-0.25, -0.2) is 0 Å². The van der Waals surface area contributed by atoms with Crippen molar-refractivity contribution in [2.45, 2.75) is 33.4 Å². The number of hydrogen-bond acceptors (Lipinski definition) is 6. The van der Waals surface area contributed by atoms with Crippen molar-refractivity contribution in [3.05, 3.63) is 59.9 Å². The first-order valence-corrected chi connectivity index (χ1v) is 9.33. The maximum atomic E-state index is 12.6. The number of fused-ring (bicyclic) bond motifs is 1. The second-order valence-corrected chi connectivity index (χ2v) is 7.18. The molecule has 1 aliphatic rings. The minimum Gasteiger partial charge on any atom is -0.391 e. The third kappa shape index (κ3) is 3.74. The molecule has 3 aromatic rings. The molecule has 8 nitrogen and oxygen atoms in total. The highest BCUT2D eigenvalue weighted by atomic mass is 16.3. The molecule has 0 fully saturated rings. The smallest absolute Gasteiger partial charge is 0.258 e. The van der Waals surface area contributed by atoms with Gasteiger partial charge in [0.05, 0.1) is 47.7 Å². The molecule has 0 spiro atoms. The van der Waals surface area contributed by atoms with Crippen LogP contribution < -0.4 is 10.6 Å². The molecule has 0 aromatic carbocycles. The standard InChI is InChI=1S/C21H22N6O2/c1-12-4-5-22-8-17(12)18-6-16-19(9-23-18)26-21(29)20(16)14(3)25-15-7-24-27(11-15)10-13(2)28/h4-9,11,13,25,28H,10H2,1-3H3,(H,26,29)/b20-14-/t13-/m0/s1. The number of aliphatic hydroxyl groups excluding tert-OH is 1. The van der Waals surface area contributed by atoms with Crippen molar-refractivity contribution in [2.75, 3.05) is 10.6 Å². The predicted octanol–water partition coefficient (Wildman–Crippen LogP) is 2.82. The van der Waals surface area contributed by atoms with Crippen LogP contribution in [0.15, 0.2) is 48.8 Å². The summed E-state index contributed by atoms with van der Waals surface area (Å²) in [6, 6.07) is 3.84. The summed E-state index contributed by atoms with van der Waals surface area (Å²) in [5, 5.41) is 19.8. The van der Waals surface area contributed by atoms with Gasteiger partial charge in [0.25, 0.3) is 5.91 Å². The number of aliphatic hydroxyl groups is 1. The van der Waals surface area contributed by atoms with Crippen LogP contribution in [-0.4, -0.2) is 36.9 Å². The number of nitrogens with zero attached hydrogens (tertiary/aromatic N) is 4. The van der Waals surface area contributed by atoms with Crippen LogP contribution >= 0.6 is 0 Å². The molecular formula is C21H22N6O2. The van der Waals surface area contributed by atoms with E-state index in [9.17, 15) is 9.90 Å². The number of carbonyl (C=O) groups excluding carboxylic acids is 1. The molecule has 0 saturated carbocycles. The molecule has 8 heteroatoms. The lowest BCUT2D eigenvalue weighted by Crippen LogP contribution is -2.11. The van der Waals surface area contributed by atoms with E-state index in [-0.39, 0.29) is 5.91 Å². The zero-order valence-corrected chi connectivity index (χ0v) is 16.5. The Morgan fingerprint density at radius 1 is 1.31 bits per heavy atom. The minimum absolute atomic E-state index is 0.178. The Bertz CT molecular complexity index is 1120. The lowest BCUT2D eigenvalue weighted by molar-refractivity contribution is -0.110. The van der Waals surface area contributed by atoms with Crippen LogP contribution in [0.2, 0.25) is 0 Å². The Morgan fingerprint density at radius 3 is 2.90 bits per heavy atom. The van der Waals surface area contributed by atoms with Crippen LogP contribution in [0.4, 0.5) is 11.4 Å². The van der Waals surface area contributed by atoms with E-state index in [2.05, 4.69) is 25.7 Å². The summed E-state index contributed by atoms with van der Waals surface area (Å²) < 4.78 is 1.65. The summed E-state index contributed by atoms with van der Waals surface area (Å²) in [6.07, 6.45) is 8.17. The Morgan fingerprint density at radius 2 is 2.14 bits per heavy atom. The van der Waals surface area contributed by atoms with E-state index >= 15 is 0 Å². The lowest BCUT2D eigenvalue weighted by Gasteiger charge is -2.09. The third-order valence-electron chi connectivity index (χ3n) is 4.75. The summed E-state index contributed by atoms with van der Waals surface area (Å²) >= 11 is 0. The van der Waals surface area contributed by atoms with Crippen molar-refractivity contribution < 1.29 is 9.90 Å². The summed E-state index contributed by atoms with van der Waals surface area (Å²) in [7, 11) is 0. The van der Waals surface area contributed by atoms with Gasteiger partial charge in [-0.05, 0) is 38.5 Å². The van der Waals surface area contributed by atoms with Crippen LogP contribution in [0, 0.1) is 6.92 Å². The molecular weight excluding hydrogens is 368 g/mol. The van der Waals surface area contributed by atoms with Gasteiger partial charge in [0.2, 0.25) is 0 Å². The van der Waals surface area contributed by atoms with Gasteiger partial charge in [-0.3, -0.25) is 19.4 Å². The second-order valence-electron chi connectivity index (χ2n) is 7.18. The quantitative estimate of drug-likeness (QED) is 0.579. The molecule has 0 saturated heterocycles. The Kier molecular flexibility index (Phi) is 4.85. The van der Waals surface area contributed by atoms with Crippen LogP contribution in [0.5, 0.6) is 0 Å². The lowest BCUT2D eigenvalue weighted by atomic mass is 10.0. The summed E-state index contributed by atoms with van der Waals surface area (Å²) in [5.74, 6) is -0.178. The molecule has 4 rings (SSSR count). The molecule has 4 heterocycles. The second kappa shape index (κ2) is 7.48. The van der Waals surface area contributed by atoms with Gasteiger partial charge in [-0.1, -0.05) is 0 Å².